The van der Waals surface area contributed by atoms with Gasteiger partial charge in [-0.1, -0.05) is 6.08 Å². The van der Waals surface area contributed by atoms with Gasteiger partial charge in [-0.3, -0.25) is 4.79 Å². The third kappa shape index (κ3) is 5.78. The quantitative estimate of drug-likeness (QED) is 0.256. The van der Waals surface area contributed by atoms with Gasteiger partial charge in [-0.25, -0.2) is 4.98 Å². The van der Waals surface area contributed by atoms with Gasteiger partial charge in [0.05, 0.1) is 22.7 Å². The number of aromatic nitrogens is 2. The number of halogens is 3. The highest BCUT2D eigenvalue weighted by Crippen LogP contribution is 2.33. The van der Waals surface area contributed by atoms with E-state index in [2.05, 4.69) is 37.8 Å². The zero-order valence-corrected chi connectivity index (χ0v) is 20.4. The van der Waals surface area contributed by atoms with E-state index in [1.54, 1.807) is 18.2 Å². The Balaban J connectivity index is 1.53. The van der Waals surface area contributed by atoms with Crippen molar-refractivity contribution in [1.82, 2.24) is 9.97 Å². The molecule has 0 bridgehead atoms. The van der Waals surface area contributed by atoms with E-state index in [0.717, 1.165) is 15.9 Å². The summed E-state index contributed by atoms with van der Waals surface area (Å²) < 4.78 is 19.9. The molecule has 4 rings (SSSR count). The molecule has 7 nitrogen and oxygen atoms in total. The summed E-state index contributed by atoms with van der Waals surface area (Å²) in [5.74, 6) is 0.555. The van der Waals surface area contributed by atoms with Gasteiger partial charge in [-0.2, -0.15) is 4.39 Å². The van der Waals surface area contributed by atoms with Crippen LogP contribution >= 0.6 is 27.5 Å². The van der Waals surface area contributed by atoms with Gasteiger partial charge in [-0.15, -0.1) is 6.58 Å². The first-order valence-electron chi connectivity index (χ1n) is 10.6. The molecule has 3 heterocycles. The standard InChI is InChI=1S/C24H23BrClFN4O3/c1-2-10-24(26,27)34-18-5-3-16(4-6-18)29-23(33)15-12-19(20-7-8-21(25)30-20)22(28-13-15)31-11-9-17(32)14-31/h2-8,12-13,17,30,32H,1,9-11,14H2,(H,29,33)/t17-,24?/m1/s1. The van der Waals surface area contributed by atoms with E-state index < -0.39 is 11.4 Å². The predicted molar refractivity (Wildman–Crippen MR) is 134 cm³/mol. The number of hydrogen-bond acceptors (Lipinski definition) is 5. The number of nitrogens with zero attached hydrogens (tertiary/aromatic N) is 2. The first-order valence-corrected chi connectivity index (χ1v) is 11.8. The molecule has 0 saturated carbocycles. The number of H-pyrrole nitrogens is 1. The number of pyridine rings is 1. The van der Waals surface area contributed by atoms with Crippen molar-refractivity contribution in [3.05, 3.63) is 71.5 Å². The van der Waals surface area contributed by atoms with Crippen LogP contribution in [0.15, 0.2) is 65.9 Å². The maximum Gasteiger partial charge on any atom is 0.330 e. The number of carbonyl (C=O) groups excluding carboxylic acids is 1. The Hall–Kier alpha value is -2.88. The van der Waals surface area contributed by atoms with Crippen molar-refractivity contribution in [2.45, 2.75) is 24.3 Å². The SMILES string of the molecule is C=CCC(F)(Cl)Oc1ccc(NC(=O)c2cnc(N3CC[C@@H](O)C3)c(-c3ccc(Br)[nH]3)c2)cc1. The van der Waals surface area contributed by atoms with Crippen molar-refractivity contribution in [3.8, 4) is 17.0 Å². The van der Waals surface area contributed by atoms with Crippen LogP contribution in [-0.2, 0) is 0 Å². The summed E-state index contributed by atoms with van der Waals surface area (Å²) in [6.45, 7) is 4.61. The summed E-state index contributed by atoms with van der Waals surface area (Å²) in [6.07, 6.45) is 2.92. The van der Waals surface area contributed by atoms with Crippen molar-refractivity contribution in [3.63, 3.8) is 0 Å². The Morgan fingerprint density at radius 2 is 2.18 bits per heavy atom. The number of β-amino-alcohol motifs (C(OH)–C–C–N with tert-alkyl or cyclic N) is 1. The monoisotopic (exact) mass is 548 g/mol. The molecule has 2 atom stereocenters. The molecule has 3 N–H and O–H groups in total. The molecule has 2 aromatic heterocycles. The second-order valence-electron chi connectivity index (χ2n) is 7.91. The summed E-state index contributed by atoms with van der Waals surface area (Å²) in [7, 11) is 0. The molecule has 1 aliphatic heterocycles. The van der Waals surface area contributed by atoms with E-state index in [0.29, 0.717) is 36.6 Å². The molecule has 1 fully saturated rings. The summed E-state index contributed by atoms with van der Waals surface area (Å²) in [5, 5.41) is 10.4. The molecule has 1 saturated heterocycles. The number of aliphatic hydroxyl groups is 1. The molecule has 3 aromatic rings. The topological polar surface area (TPSA) is 90.5 Å². The van der Waals surface area contributed by atoms with Crippen molar-refractivity contribution >= 4 is 44.9 Å². The molecule has 34 heavy (non-hydrogen) atoms. The maximum absolute atomic E-state index is 14.0. The summed E-state index contributed by atoms with van der Waals surface area (Å²) in [6, 6.07) is 11.7. The minimum absolute atomic E-state index is 0.174. The van der Waals surface area contributed by atoms with E-state index >= 15 is 0 Å². The van der Waals surface area contributed by atoms with E-state index in [1.807, 2.05) is 17.0 Å². The molecule has 0 radical (unpaired) electrons. The van der Waals surface area contributed by atoms with Gasteiger partial charge in [0.25, 0.3) is 5.91 Å². The fourth-order valence-electron chi connectivity index (χ4n) is 3.68. The fourth-order valence-corrected chi connectivity index (χ4v) is 4.23. The lowest BCUT2D eigenvalue weighted by Crippen LogP contribution is -2.23. The smallest absolute Gasteiger partial charge is 0.330 e. The second-order valence-corrected chi connectivity index (χ2v) is 9.33. The van der Waals surface area contributed by atoms with E-state index in [1.165, 1.54) is 24.4 Å². The number of anilines is 2. The summed E-state index contributed by atoms with van der Waals surface area (Å²) in [4.78, 5) is 22.7. The number of benzene rings is 1. The molecule has 0 spiro atoms. The van der Waals surface area contributed by atoms with Crippen LogP contribution in [0.2, 0.25) is 0 Å². The number of nitrogens with one attached hydrogen (secondary N) is 2. The number of ether oxygens (including phenoxy) is 1. The van der Waals surface area contributed by atoms with Crippen molar-refractivity contribution in [1.29, 1.82) is 0 Å². The molecule has 178 valence electrons. The van der Waals surface area contributed by atoms with Crippen LogP contribution in [0.1, 0.15) is 23.2 Å². The molecule has 1 unspecified atom stereocenters. The van der Waals surface area contributed by atoms with Crippen LogP contribution in [0, 0.1) is 0 Å². The van der Waals surface area contributed by atoms with Gasteiger partial charge >= 0.3 is 5.31 Å². The Bertz CT molecular complexity index is 1190. The van der Waals surface area contributed by atoms with Gasteiger partial charge in [-0.05, 0) is 76.4 Å². The molecule has 10 heteroatoms. The number of aliphatic hydroxyl groups excluding tert-OH is 1. The average Bonchev–Trinajstić information content (AvgIpc) is 3.42. The highest BCUT2D eigenvalue weighted by molar-refractivity contribution is 9.10. The lowest BCUT2D eigenvalue weighted by atomic mass is 10.1. The average molecular weight is 550 g/mol. The minimum atomic E-state index is -2.38. The third-order valence-electron chi connectivity index (χ3n) is 5.29. The molecule has 1 aliphatic rings. The van der Waals surface area contributed by atoms with E-state index in [-0.39, 0.29) is 18.1 Å². The van der Waals surface area contributed by atoms with Gasteiger partial charge in [0.2, 0.25) is 0 Å². The van der Waals surface area contributed by atoms with Crippen molar-refractivity contribution in [2.24, 2.45) is 0 Å². The first-order chi connectivity index (χ1) is 16.2. The molecule has 1 aromatic carbocycles. The largest absolute Gasteiger partial charge is 0.445 e. The van der Waals surface area contributed by atoms with Crippen molar-refractivity contribution in [2.75, 3.05) is 23.3 Å². The van der Waals surface area contributed by atoms with Gasteiger partial charge < -0.3 is 25.0 Å². The number of hydrogen-bond donors (Lipinski definition) is 3. The summed E-state index contributed by atoms with van der Waals surface area (Å²) in [5.41, 5.74) is 2.40. The molecular weight excluding hydrogens is 527 g/mol. The van der Waals surface area contributed by atoms with Crippen LogP contribution in [-0.4, -0.2) is 45.5 Å². The number of aromatic amines is 1. The summed E-state index contributed by atoms with van der Waals surface area (Å²) >= 11 is 9.07. The number of carbonyl (C=O) groups is 1. The maximum atomic E-state index is 14.0. The van der Waals surface area contributed by atoms with Crippen LogP contribution in [0.25, 0.3) is 11.3 Å². The first kappa shape index (κ1) is 24.3. The number of rotatable bonds is 8. The number of amides is 1. The van der Waals surface area contributed by atoms with Gasteiger partial charge in [0, 0.05) is 36.2 Å². The van der Waals surface area contributed by atoms with E-state index in [4.69, 9.17) is 16.3 Å². The Labute approximate surface area is 209 Å². The fraction of sp³-hybridized carbons (Fsp3) is 0.250. The second kappa shape index (κ2) is 10.2. The Morgan fingerprint density at radius 1 is 1.41 bits per heavy atom. The predicted octanol–water partition coefficient (Wildman–Crippen LogP) is 5.48. The zero-order valence-electron chi connectivity index (χ0n) is 18.1. The van der Waals surface area contributed by atoms with Crippen LogP contribution < -0.4 is 15.0 Å². The normalized spacial score (nSPS) is 17.3. The van der Waals surface area contributed by atoms with E-state index in [9.17, 15) is 14.3 Å². The minimum Gasteiger partial charge on any atom is -0.445 e. The third-order valence-corrected chi connectivity index (χ3v) is 5.99. The van der Waals surface area contributed by atoms with Crippen LogP contribution in [0.4, 0.5) is 15.9 Å². The molecular formula is C24H23BrClFN4O3. The number of alkyl halides is 2. The van der Waals surface area contributed by atoms with Crippen molar-refractivity contribution < 1.29 is 19.0 Å². The Morgan fingerprint density at radius 3 is 2.79 bits per heavy atom. The lowest BCUT2D eigenvalue weighted by Gasteiger charge is -2.20. The molecule has 1 amide bonds. The van der Waals surface area contributed by atoms with Gasteiger partial charge in [0.15, 0.2) is 0 Å². The highest BCUT2D eigenvalue weighted by atomic mass is 79.9. The Kier molecular flexibility index (Phi) is 7.25. The lowest BCUT2D eigenvalue weighted by molar-refractivity contribution is 0.0244. The highest BCUT2D eigenvalue weighted by Gasteiger charge is 2.27. The van der Waals surface area contributed by atoms with Crippen LogP contribution in [0.5, 0.6) is 5.75 Å². The van der Waals surface area contributed by atoms with Gasteiger partial charge in [0.1, 0.15) is 11.6 Å². The zero-order chi connectivity index (χ0) is 24.3. The molecule has 0 aliphatic carbocycles. The van der Waals surface area contributed by atoms with Crippen LogP contribution in [0.3, 0.4) is 0 Å².